The minimum atomic E-state index is -1.51. The molecular weight excluding hydrogens is 416 g/mol. The lowest BCUT2D eigenvalue weighted by Gasteiger charge is -2.32. The van der Waals surface area contributed by atoms with Gasteiger partial charge in [0.2, 0.25) is 17.7 Å². The monoisotopic (exact) mass is 432 g/mol. The van der Waals surface area contributed by atoms with Gasteiger partial charge >= 0.3 is 0 Å². The van der Waals surface area contributed by atoms with Gasteiger partial charge in [0.05, 0.1) is 5.56 Å². The zero-order valence-electron chi connectivity index (χ0n) is 17.2. The van der Waals surface area contributed by atoms with Crippen molar-refractivity contribution in [3.63, 3.8) is 0 Å². The largest absolute Gasteiger partial charge is 0.422 e. The van der Waals surface area contributed by atoms with Gasteiger partial charge in [0.15, 0.2) is 5.82 Å². The highest BCUT2D eigenvalue weighted by Gasteiger charge is 2.59. The molecule has 0 aliphatic carbocycles. The molecule has 1 unspecified atom stereocenters. The van der Waals surface area contributed by atoms with Crippen molar-refractivity contribution in [1.29, 1.82) is 5.26 Å². The van der Waals surface area contributed by atoms with E-state index in [9.17, 15) is 10.1 Å². The number of ether oxygens (including phenoxy) is 1. The SMILES string of the molecule is N#CC1=C(N)Oc2c(c(-c3ccccc3)nn2-c2ccccn2)C12C(=O)Nc1ccccc12. The second-order valence-corrected chi connectivity index (χ2v) is 7.70. The molecular formula is C25H16N6O2. The first kappa shape index (κ1) is 18.8. The molecule has 0 saturated carbocycles. The van der Waals surface area contributed by atoms with Crippen LogP contribution in [-0.2, 0) is 10.2 Å². The van der Waals surface area contributed by atoms with Gasteiger partial charge in [-0.25, -0.2) is 4.98 Å². The Kier molecular flexibility index (Phi) is 3.88. The third-order valence-corrected chi connectivity index (χ3v) is 5.99. The highest BCUT2D eigenvalue weighted by atomic mass is 16.5. The van der Waals surface area contributed by atoms with E-state index in [1.807, 2.05) is 54.6 Å². The van der Waals surface area contributed by atoms with Gasteiger partial charge in [-0.1, -0.05) is 54.6 Å². The molecule has 0 fully saturated rings. The van der Waals surface area contributed by atoms with Crippen LogP contribution in [0.2, 0.25) is 0 Å². The number of fused-ring (bicyclic) bond motifs is 4. The summed E-state index contributed by atoms with van der Waals surface area (Å²) in [7, 11) is 0. The normalized spacial score (nSPS) is 18.3. The number of nitrogens with two attached hydrogens (primary N) is 1. The number of hydrogen-bond acceptors (Lipinski definition) is 6. The number of anilines is 1. The molecule has 8 nitrogen and oxygen atoms in total. The number of hydrogen-bond donors (Lipinski definition) is 2. The van der Waals surface area contributed by atoms with E-state index >= 15 is 0 Å². The van der Waals surface area contributed by atoms with E-state index in [-0.39, 0.29) is 23.2 Å². The predicted octanol–water partition coefficient (Wildman–Crippen LogP) is 3.26. The lowest BCUT2D eigenvalue weighted by Crippen LogP contribution is -2.42. The number of nitriles is 1. The Balaban J connectivity index is 1.78. The molecule has 0 bridgehead atoms. The smallest absolute Gasteiger partial charge is 0.245 e. The number of para-hydroxylation sites is 1. The van der Waals surface area contributed by atoms with Gasteiger partial charge in [0, 0.05) is 23.0 Å². The topological polar surface area (TPSA) is 119 Å². The summed E-state index contributed by atoms with van der Waals surface area (Å²) in [6.07, 6.45) is 1.64. The molecule has 4 heterocycles. The van der Waals surface area contributed by atoms with Crippen LogP contribution in [0.5, 0.6) is 5.88 Å². The number of nitrogens with zero attached hydrogens (tertiary/aromatic N) is 4. The van der Waals surface area contributed by atoms with Crippen LogP contribution in [0.25, 0.3) is 17.1 Å². The summed E-state index contributed by atoms with van der Waals surface area (Å²) >= 11 is 0. The van der Waals surface area contributed by atoms with Crippen LogP contribution in [0.1, 0.15) is 11.1 Å². The number of nitrogens with one attached hydrogen (secondary N) is 1. The Morgan fingerprint density at radius 1 is 1.03 bits per heavy atom. The highest BCUT2D eigenvalue weighted by Crippen LogP contribution is 2.56. The summed E-state index contributed by atoms with van der Waals surface area (Å²) in [5, 5.41) is 17.9. The van der Waals surface area contributed by atoms with Crippen molar-refractivity contribution in [3.8, 4) is 29.0 Å². The summed E-state index contributed by atoms with van der Waals surface area (Å²) in [6.45, 7) is 0. The number of pyridine rings is 1. The van der Waals surface area contributed by atoms with Crippen LogP contribution in [0.3, 0.4) is 0 Å². The fourth-order valence-corrected chi connectivity index (χ4v) is 4.63. The number of rotatable bonds is 2. The average molecular weight is 432 g/mol. The van der Waals surface area contributed by atoms with Crippen molar-refractivity contribution >= 4 is 11.6 Å². The summed E-state index contributed by atoms with van der Waals surface area (Å²) in [4.78, 5) is 18.2. The van der Waals surface area contributed by atoms with Gasteiger partial charge in [-0.2, -0.15) is 15.0 Å². The Labute approximate surface area is 188 Å². The van der Waals surface area contributed by atoms with Crippen molar-refractivity contribution in [3.05, 3.63) is 102 Å². The van der Waals surface area contributed by atoms with E-state index in [0.717, 1.165) is 5.56 Å². The molecule has 2 aromatic heterocycles. The number of benzene rings is 2. The minimum Gasteiger partial charge on any atom is -0.422 e. The molecule has 2 aromatic carbocycles. The molecule has 2 aliphatic heterocycles. The van der Waals surface area contributed by atoms with E-state index in [4.69, 9.17) is 15.6 Å². The molecule has 0 radical (unpaired) electrons. The van der Waals surface area contributed by atoms with Crippen molar-refractivity contribution < 1.29 is 9.53 Å². The fourth-order valence-electron chi connectivity index (χ4n) is 4.63. The van der Waals surface area contributed by atoms with Gasteiger partial charge in [0.25, 0.3) is 0 Å². The van der Waals surface area contributed by atoms with Crippen LogP contribution >= 0.6 is 0 Å². The first-order valence-electron chi connectivity index (χ1n) is 10.3. The maximum Gasteiger partial charge on any atom is 0.245 e. The van der Waals surface area contributed by atoms with Gasteiger partial charge in [-0.05, 0) is 18.2 Å². The fraction of sp³-hybridized carbons (Fsp3) is 0.0400. The van der Waals surface area contributed by atoms with Crippen LogP contribution in [0.15, 0.2) is 90.4 Å². The summed E-state index contributed by atoms with van der Waals surface area (Å²) < 4.78 is 7.51. The van der Waals surface area contributed by atoms with Crippen LogP contribution < -0.4 is 15.8 Å². The highest BCUT2D eigenvalue weighted by molar-refractivity contribution is 6.13. The molecule has 4 aromatic rings. The maximum absolute atomic E-state index is 13.8. The maximum atomic E-state index is 13.8. The second kappa shape index (κ2) is 6.80. The van der Waals surface area contributed by atoms with Crippen LogP contribution in [-0.4, -0.2) is 20.7 Å². The zero-order chi connectivity index (χ0) is 22.6. The van der Waals surface area contributed by atoms with E-state index in [1.165, 1.54) is 4.68 Å². The lowest BCUT2D eigenvalue weighted by atomic mass is 9.68. The summed E-state index contributed by atoms with van der Waals surface area (Å²) in [5.74, 6) is 0.209. The minimum absolute atomic E-state index is 0.0233. The third-order valence-electron chi connectivity index (χ3n) is 5.99. The van der Waals surface area contributed by atoms with Gasteiger partial charge in [-0.3, -0.25) is 4.79 Å². The number of carbonyl (C=O) groups excluding carboxylic acids is 1. The Bertz CT molecular complexity index is 1500. The molecule has 1 atom stereocenters. The molecule has 33 heavy (non-hydrogen) atoms. The first-order valence-corrected chi connectivity index (χ1v) is 10.3. The Morgan fingerprint density at radius 3 is 2.55 bits per heavy atom. The predicted molar refractivity (Wildman–Crippen MR) is 120 cm³/mol. The van der Waals surface area contributed by atoms with Crippen molar-refractivity contribution in [2.24, 2.45) is 5.73 Å². The first-order chi connectivity index (χ1) is 16.2. The van der Waals surface area contributed by atoms with Gasteiger partial charge in [-0.15, -0.1) is 0 Å². The van der Waals surface area contributed by atoms with E-state index in [2.05, 4.69) is 16.4 Å². The molecule has 8 heteroatoms. The average Bonchev–Trinajstić information content (AvgIpc) is 3.37. The number of aromatic nitrogens is 3. The van der Waals surface area contributed by atoms with Crippen LogP contribution in [0, 0.1) is 11.3 Å². The van der Waals surface area contributed by atoms with Gasteiger partial charge < -0.3 is 15.8 Å². The van der Waals surface area contributed by atoms with E-state index < -0.39 is 5.41 Å². The quantitative estimate of drug-likeness (QED) is 0.502. The lowest BCUT2D eigenvalue weighted by molar-refractivity contribution is -0.118. The molecule has 1 amide bonds. The Morgan fingerprint density at radius 2 is 1.79 bits per heavy atom. The molecule has 3 N–H and O–H groups in total. The van der Waals surface area contributed by atoms with E-state index in [0.29, 0.717) is 28.3 Å². The van der Waals surface area contributed by atoms with E-state index in [1.54, 1.807) is 24.4 Å². The van der Waals surface area contributed by atoms with Crippen LogP contribution in [0.4, 0.5) is 5.69 Å². The standard InChI is InChI=1S/C25H16N6O2/c26-14-17-22(27)33-23-20(25(17)16-10-4-5-11-18(16)29-24(25)32)21(15-8-2-1-3-9-15)30-31(23)19-12-6-7-13-28-19/h1-13H,27H2,(H,29,32). The Hall–Kier alpha value is -4.90. The van der Waals surface area contributed by atoms with Crippen molar-refractivity contribution in [1.82, 2.24) is 14.8 Å². The van der Waals surface area contributed by atoms with Gasteiger partial charge in [0.1, 0.15) is 22.8 Å². The number of carbonyl (C=O) groups is 1. The number of amides is 1. The molecule has 158 valence electrons. The second-order valence-electron chi connectivity index (χ2n) is 7.70. The molecule has 6 rings (SSSR count). The van der Waals surface area contributed by atoms with Crippen molar-refractivity contribution in [2.45, 2.75) is 5.41 Å². The summed E-state index contributed by atoms with van der Waals surface area (Å²) in [5.41, 5.74) is 7.73. The zero-order valence-corrected chi connectivity index (χ0v) is 17.2. The summed E-state index contributed by atoms with van der Waals surface area (Å²) in [6, 6.07) is 24.3. The molecule has 1 spiro atoms. The molecule has 2 aliphatic rings. The van der Waals surface area contributed by atoms with Crippen molar-refractivity contribution in [2.75, 3.05) is 5.32 Å². The molecule has 0 saturated heterocycles. The third kappa shape index (κ3) is 2.41.